The summed E-state index contributed by atoms with van der Waals surface area (Å²) in [6, 6.07) is 3.77. The number of nitriles is 1. The molecule has 0 radical (unpaired) electrons. The molecule has 0 fully saturated rings. The number of rotatable bonds is 3. The Hall–Kier alpha value is -2.16. The highest BCUT2D eigenvalue weighted by Crippen LogP contribution is 2.19. The maximum absolute atomic E-state index is 13.2. The fraction of sp³-hybridized carbons (Fsp3) is 0.111. The molecular formula is C9H7F2N3O. The molecular weight excluding hydrogens is 204 g/mol. The van der Waals surface area contributed by atoms with Crippen LogP contribution in [-0.4, -0.2) is 12.5 Å². The number of primary amides is 1. The Labute approximate surface area is 84.3 Å². The van der Waals surface area contributed by atoms with E-state index in [9.17, 15) is 13.6 Å². The second-order valence-corrected chi connectivity index (χ2v) is 2.72. The number of hydrogen-bond acceptors (Lipinski definition) is 3. The third kappa shape index (κ3) is 2.40. The van der Waals surface area contributed by atoms with Crippen LogP contribution in [-0.2, 0) is 4.79 Å². The summed E-state index contributed by atoms with van der Waals surface area (Å²) in [6.45, 7) is -0.303. The Morgan fingerprint density at radius 3 is 2.67 bits per heavy atom. The molecule has 1 amide bonds. The average molecular weight is 211 g/mol. The Kier molecular flexibility index (Phi) is 3.18. The van der Waals surface area contributed by atoms with Crippen molar-refractivity contribution >= 4 is 11.6 Å². The maximum atomic E-state index is 13.2. The van der Waals surface area contributed by atoms with E-state index in [4.69, 9.17) is 11.0 Å². The zero-order valence-corrected chi connectivity index (χ0v) is 7.55. The second-order valence-electron chi connectivity index (χ2n) is 2.72. The lowest BCUT2D eigenvalue weighted by Crippen LogP contribution is -2.22. The van der Waals surface area contributed by atoms with Crippen LogP contribution < -0.4 is 11.1 Å². The Morgan fingerprint density at radius 2 is 2.13 bits per heavy atom. The van der Waals surface area contributed by atoms with Crippen LogP contribution in [0.1, 0.15) is 5.56 Å². The summed E-state index contributed by atoms with van der Waals surface area (Å²) >= 11 is 0. The lowest BCUT2D eigenvalue weighted by atomic mass is 10.2. The molecule has 0 unspecified atom stereocenters. The average Bonchev–Trinajstić information content (AvgIpc) is 2.20. The number of amides is 1. The summed E-state index contributed by atoms with van der Waals surface area (Å²) in [4.78, 5) is 10.4. The van der Waals surface area contributed by atoms with Gasteiger partial charge in [0.1, 0.15) is 6.07 Å². The number of carbonyl (C=O) groups excluding carboxylic acids is 1. The van der Waals surface area contributed by atoms with Gasteiger partial charge >= 0.3 is 0 Å². The zero-order chi connectivity index (χ0) is 11.4. The molecule has 1 aromatic rings. The molecule has 0 aliphatic heterocycles. The van der Waals surface area contributed by atoms with E-state index >= 15 is 0 Å². The molecule has 0 bridgehead atoms. The van der Waals surface area contributed by atoms with Crippen LogP contribution in [0.25, 0.3) is 0 Å². The third-order valence-corrected chi connectivity index (χ3v) is 1.66. The van der Waals surface area contributed by atoms with Crippen molar-refractivity contribution in [1.29, 1.82) is 5.26 Å². The lowest BCUT2D eigenvalue weighted by molar-refractivity contribution is -0.116. The van der Waals surface area contributed by atoms with Crippen LogP contribution >= 0.6 is 0 Å². The van der Waals surface area contributed by atoms with Crippen molar-refractivity contribution in [2.24, 2.45) is 5.73 Å². The maximum Gasteiger partial charge on any atom is 0.236 e. The van der Waals surface area contributed by atoms with Gasteiger partial charge in [0, 0.05) is 0 Å². The van der Waals surface area contributed by atoms with Gasteiger partial charge in [-0.05, 0) is 12.1 Å². The first-order chi connectivity index (χ1) is 7.06. The smallest absolute Gasteiger partial charge is 0.236 e. The molecule has 1 rings (SSSR count). The van der Waals surface area contributed by atoms with Crippen LogP contribution in [0.5, 0.6) is 0 Å². The van der Waals surface area contributed by atoms with Gasteiger partial charge in [-0.25, -0.2) is 8.78 Å². The van der Waals surface area contributed by atoms with Gasteiger partial charge in [0.05, 0.1) is 17.8 Å². The fourth-order valence-electron chi connectivity index (χ4n) is 0.955. The number of hydrogen-bond donors (Lipinski definition) is 2. The molecule has 0 saturated carbocycles. The molecule has 0 aliphatic rings. The standard InChI is InChI=1S/C9H7F2N3O/c10-8-5(3-12)1-2-6(9(8)11)14-4-7(13)15/h1-2,14H,4H2,(H2,13,15). The first kappa shape index (κ1) is 10.9. The molecule has 6 heteroatoms. The van der Waals surface area contributed by atoms with Gasteiger partial charge in [0.2, 0.25) is 5.91 Å². The summed E-state index contributed by atoms with van der Waals surface area (Å²) in [6.07, 6.45) is 0. The lowest BCUT2D eigenvalue weighted by Gasteiger charge is -2.06. The van der Waals surface area contributed by atoms with Crippen LogP contribution in [0, 0.1) is 23.0 Å². The predicted octanol–water partition coefficient (Wildman–Crippen LogP) is 0.734. The van der Waals surface area contributed by atoms with E-state index in [1.807, 2.05) is 0 Å². The zero-order valence-electron chi connectivity index (χ0n) is 7.55. The van der Waals surface area contributed by atoms with E-state index in [2.05, 4.69) is 5.32 Å². The normalized spacial score (nSPS) is 9.40. The third-order valence-electron chi connectivity index (χ3n) is 1.66. The highest BCUT2D eigenvalue weighted by atomic mass is 19.2. The van der Waals surface area contributed by atoms with Gasteiger partial charge in [0.25, 0.3) is 0 Å². The molecule has 4 nitrogen and oxygen atoms in total. The van der Waals surface area contributed by atoms with Crippen molar-refractivity contribution in [3.05, 3.63) is 29.3 Å². The molecule has 0 spiro atoms. The Bertz CT molecular complexity index is 440. The largest absolute Gasteiger partial charge is 0.374 e. The van der Waals surface area contributed by atoms with E-state index < -0.39 is 23.1 Å². The summed E-state index contributed by atoms with van der Waals surface area (Å²) in [7, 11) is 0. The van der Waals surface area contributed by atoms with E-state index in [1.165, 1.54) is 12.1 Å². The minimum Gasteiger partial charge on any atom is -0.374 e. The number of nitrogens with one attached hydrogen (secondary N) is 1. The molecule has 15 heavy (non-hydrogen) atoms. The monoisotopic (exact) mass is 211 g/mol. The van der Waals surface area contributed by atoms with Crippen molar-refractivity contribution in [3.8, 4) is 6.07 Å². The van der Waals surface area contributed by atoms with Crippen LogP contribution in [0.2, 0.25) is 0 Å². The number of halogens is 2. The number of nitrogens with two attached hydrogens (primary N) is 1. The summed E-state index contributed by atoms with van der Waals surface area (Å²) in [5.74, 6) is -3.14. The van der Waals surface area contributed by atoms with Gasteiger partial charge < -0.3 is 11.1 Å². The van der Waals surface area contributed by atoms with E-state index in [1.54, 1.807) is 0 Å². The quantitative estimate of drug-likeness (QED) is 0.773. The number of carbonyl (C=O) groups is 1. The fourth-order valence-corrected chi connectivity index (χ4v) is 0.955. The molecule has 0 heterocycles. The van der Waals surface area contributed by atoms with Crippen molar-refractivity contribution in [2.75, 3.05) is 11.9 Å². The van der Waals surface area contributed by atoms with Gasteiger partial charge in [-0.2, -0.15) is 5.26 Å². The molecule has 0 aromatic heterocycles. The summed E-state index contributed by atoms with van der Waals surface area (Å²) in [5.41, 5.74) is 4.22. The highest BCUT2D eigenvalue weighted by molar-refractivity contribution is 5.78. The highest BCUT2D eigenvalue weighted by Gasteiger charge is 2.12. The predicted molar refractivity (Wildman–Crippen MR) is 48.8 cm³/mol. The van der Waals surface area contributed by atoms with Gasteiger partial charge in [0.15, 0.2) is 11.6 Å². The van der Waals surface area contributed by atoms with Gasteiger partial charge in [-0.1, -0.05) is 0 Å². The second kappa shape index (κ2) is 4.37. The molecule has 0 atom stereocenters. The minimum absolute atomic E-state index is 0.203. The van der Waals surface area contributed by atoms with Crippen molar-refractivity contribution in [1.82, 2.24) is 0 Å². The first-order valence-corrected chi connectivity index (χ1v) is 3.96. The molecule has 78 valence electrons. The van der Waals surface area contributed by atoms with Crippen LogP contribution in [0.4, 0.5) is 14.5 Å². The number of benzene rings is 1. The molecule has 0 saturated heterocycles. The topological polar surface area (TPSA) is 78.9 Å². The summed E-state index contributed by atoms with van der Waals surface area (Å²) in [5, 5.41) is 10.7. The van der Waals surface area contributed by atoms with Crippen molar-refractivity contribution in [2.45, 2.75) is 0 Å². The Balaban J connectivity index is 2.98. The Morgan fingerprint density at radius 1 is 1.47 bits per heavy atom. The number of nitrogens with zero attached hydrogens (tertiary/aromatic N) is 1. The van der Waals surface area contributed by atoms with Crippen LogP contribution in [0.15, 0.2) is 12.1 Å². The number of anilines is 1. The molecule has 3 N–H and O–H groups in total. The first-order valence-electron chi connectivity index (χ1n) is 3.96. The van der Waals surface area contributed by atoms with E-state index in [0.29, 0.717) is 0 Å². The van der Waals surface area contributed by atoms with E-state index in [0.717, 1.165) is 6.07 Å². The van der Waals surface area contributed by atoms with Crippen molar-refractivity contribution < 1.29 is 13.6 Å². The summed E-state index contributed by atoms with van der Waals surface area (Å²) < 4.78 is 26.2. The van der Waals surface area contributed by atoms with Crippen LogP contribution in [0.3, 0.4) is 0 Å². The molecule has 1 aromatic carbocycles. The van der Waals surface area contributed by atoms with Crippen molar-refractivity contribution in [3.63, 3.8) is 0 Å². The van der Waals surface area contributed by atoms with Gasteiger partial charge in [-0.3, -0.25) is 4.79 Å². The molecule has 0 aliphatic carbocycles. The van der Waals surface area contributed by atoms with Gasteiger partial charge in [-0.15, -0.1) is 0 Å². The minimum atomic E-state index is -1.24. The van der Waals surface area contributed by atoms with E-state index in [-0.39, 0.29) is 12.2 Å². The SMILES string of the molecule is N#Cc1ccc(NCC(N)=O)c(F)c1F.